The van der Waals surface area contributed by atoms with E-state index in [1.807, 2.05) is 13.0 Å². The summed E-state index contributed by atoms with van der Waals surface area (Å²) in [4.78, 5) is 10.6. The lowest BCUT2D eigenvalue weighted by Gasteiger charge is -1.93. The minimum Gasteiger partial charge on any atom is -0.358 e. The number of carbonyl (C=O) groups is 1. The van der Waals surface area contributed by atoms with Crippen LogP contribution in [-0.4, -0.2) is 13.0 Å². The largest absolute Gasteiger partial charge is 0.358 e. The van der Waals surface area contributed by atoms with E-state index in [0.29, 0.717) is 0 Å². The lowest BCUT2D eigenvalue weighted by molar-refractivity contribution is -0.121. The van der Waals surface area contributed by atoms with E-state index in [1.165, 1.54) is 5.57 Å². The van der Waals surface area contributed by atoms with Gasteiger partial charge >= 0.3 is 0 Å². The highest BCUT2D eigenvalue weighted by molar-refractivity contribution is 5.87. The molecule has 0 saturated carbocycles. The zero-order valence-electron chi connectivity index (χ0n) is 5.06. The highest BCUT2D eigenvalue weighted by atomic mass is 16.1. The van der Waals surface area contributed by atoms with Crippen LogP contribution < -0.4 is 5.32 Å². The Balaban J connectivity index is 2.32. The summed E-state index contributed by atoms with van der Waals surface area (Å²) in [5.74, 6) is 0.238. The Labute approximate surface area is 48.6 Å². The van der Waals surface area contributed by atoms with Crippen LogP contribution in [0.4, 0.5) is 0 Å². The van der Waals surface area contributed by atoms with Gasteiger partial charge in [-0.25, -0.2) is 0 Å². The van der Waals surface area contributed by atoms with Crippen molar-refractivity contribution in [3.8, 4) is 0 Å². The maximum atomic E-state index is 10.6. The second-order valence-electron chi connectivity index (χ2n) is 2.00. The molecule has 8 heavy (non-hydrogen) atoms. The Hall–Kier alpha value is -0.790. The van der Waals surface area contributed by atoms with Gasteiger partial charge in [0, 0.05) is 7.05 Å². The number of amides is 1. The molecule has 0 spiro atoms. The van der Waals surface area contributed by atoms with Crippen LogP contribution in [0.1, 0.15) is 6.92 Å². The van der Waals surface area contributed by atoms with Crippen LogP contribution in [0.2, 0.25) is 0 Å². The Morgan fingerprint density at radius 2 is 2.38 bits per heavy atom. The third kappa shape index (κ3) is 0.735. The van der Waals surface area contributed by atoms with Gasteiger partial charge in [-0.1, -0.05) is 11.6 Å². The van der Waals surface area contributed by atoms with E-state index in [1.54, 1.807) is 7.05 Å². The normalized spacial score (nSPS) is 24.2. The molecule has 0 bridgehead atoms. The molecule has 1 aliphatic carbocycles. The predicted octanol–water partition coefficient (Wildman–Crippen LogP) is 0.308. The number of carbonyl (C=O) groups excluding carboxylic acids is 1. The van der Waals surface area contributed by atoms with Gasteiger partial charge in [0.25, 0.3) is 0 Å². The summed E-state index contributed by atoms with van der Waals surface area (Å²) >= 11 is 0. The second-order valence-corrected chi connectivity index (χ2v) is 2.00. The van der Waals surface area contributed by atoms with Crippen LogP contribution in [0.15, 0.2) is 11.6 Å². The van der Waals surface area contributed by atoms with Crippen molar-refractivity contribution in [3.63, 3.8) is 0 Å². The van der Waals surface area contributed by atoms with Crippen LogP contribution >= 0.6 is 0 Å². The maximum absolute atomic E-state index is 10.6. The molecular formula is C6H9NO. The van der Waals surface area contributed by atoms with Crippen molar-refractivity contribution in [2.45, 2.75) is 6.92 Å². The molecule has 1 rings (SSSR count). The van der Waals surface area contributed by atoms with E-state index in [4.69, 9.17) is 0 Å². The van der Waals surface area contributed by atoms with Crippen molar-refractivity contribution in [2.24, 2.45) is 5.92 Å². The summed E-state index contributed by atoms with van der Waals surface area (Å²) < 4.78 is 0. The van der Waals surface area contributed by atoms with Gasteiger partial charge in [0.1, 0.15) is 0 Å². The lowest BCUT2D eigenvalue weighted by atomic mass is 10.3. The van der Waals surface area contributed by atoms with Crippen molar-refractivity contribution >= 4 is 5.91 Å². The Morgan fingerprint density at radius 1 is 1.88 bits per heavy atom. The fourth-order valence-corrected chi connectivity index (χ4v) is 0.653. The first kappa shape index (κ1) is 5.35. The summed E-state index contributed by atoms with van der Waals surface area (Å²) in [7, 11) is 1.65. The first-order valence-electron chi connectivity index (χ1n) is 2.65. The third-order valence-corrected chi connectivity index (χ3v) is 1.34. The van der Waals surface area contributed by atoms with E-state index >= 15 is 0 Å². The zero-order valence-corrected chi connectivity index (χ0v) is 5.06. The van der Waals surface area contributed by atoms with Gasteiger partial charge in [0.05, 0.1) is 5.92 Å². The van der Waals surface area contributed by atoms with Crippen molar-refractivity contribution in [1.29, 1.82) is 0 Å². The summed E-state index contributed by atoms with van der Waals surface area (Å²) in [6, 6.07) is 0. The predicted molar refractivity (Wildman–Crippen MR) is 31.3 cm³/mol. The molecule has 0 heterocycles. The first-order valence-corrected chi connectivity index (χ1v) is 2.65. The highest BCUT2D eigenvalue weighted by Crippen LogP contribution is 2.27. The van der Waals surface area contributed by atoms with Crippen molar-refractivity contribution in [2.75, 3.05) is 7.05 Å². The molecule has 1 atom stereocenters. The molecule has 2 heteroatoms. The van der Waals surface area contributed by atoms with Crippen molar-refractivity contribution < 1.29 is 4.79 Å². The maximum Gasteiger partial charge on any atom is 0.230 e. The number of rotatable bonds is 1. The molecule has 0 aliphatic heterocycles. The minimum atomic E-state index is 0.113. The molecule has 0 fully saturated rings. The highest BCUT2D eigenvalue weighted by Gasteiger charge is 2.26. The molecule has 1 unspecified atom stereocenters. The smallest absolute Gasteiger partial charge is 0.230 e. The molecule has 44 valence electrons. The van der Waals surface area contributed by atoms with E-state index in [-0.39, 0.29) is 11.8 Å². The van der Waals surface area contributed by atoms with Crippen LogP contribution in [0.25, 0.3) is 0 Å². The number of hydrogen-bond acceptors (Lipinski definition) is 1. The fourth-order valence-electron chi connectivity index (χ4n) is 0.653. The Morgan fingerprint density at radius 3 is 2.50 bits per heavy atom. The summed E-state index contributed by atoms with van der Waals surface area (Å²) in [5, 5.41) is 2.57. The molecule has 0 radical (unpaired) electrons. The van der Waals surface area contributed by atoms with Gasteiger partial charge in [-0.3, -0.25) is 4.79 Å². The quantitative estimate of drug-likeness (QED) is 0.485. The van der Waals surface area contributed by atoms with Gasteiger partial charge in [-0.2, -0.15) is 0 Å². The molecule has 0 saturated heterocycles. The minimum absolute atomic E-state index is 0.113. The van der Waals surface area contributed by atoms with Crippen LogP contribution in [0.3, 0.4) is 0 Å². The monoisotopic (exact) mass is 111 g/mol. The lowest BCUT2D eigenvalue weighted by Crippen LogP contribution is -2.20. The second kappa shape index (κ2) is 1.62. The molecule has 0 aromatic carbocycles. The van der Waals surface area contributed by atoms with E-state index in [9.17, 15) is 4.79 Å². The van der Waals surface area contributed by atoms with Gasteiger partial charge in [-0.05, 0) is 6.92 Å². The van der Waals surface area contributed by atoms with Crippen LogP contribution in [0.5, 0.6) is 0 Å². The van der Waals surface area contributed by atoms with E-state index in [2.05, 4.69) is 5.32 Å². The van der Waals surface area contributed by atoms with Crippen molar-refractivity contribution in [3.05, 3.63) is 11.6 Å². The Bertz CT molecular complexity index is 149. The third-order valence-electron chi connectivity index (χ3n) is 1.34. The van der Waals surface area contributed by atoms with E-state index < -0.39 is 0 Å². The van der Waals surface area contributed by atoms with Gasteiger partial charge < -0.3 is 5.32 Å². The molecular weight excluding hydrogens is 102 g/mol. The molecule has 2 nitrogen and oxygen atoms in total. The zero-order chi connectivity index (χ0) is 6.15. The standard InChI is InChI=1S/C6H9NO/c1-4-3-5(4)6(8)7-2/h3,5H,1-2H3,(H,7,8). The summed E-state index contributed by atoms with van der Waals surface area (Å²) in [5.41, 5.74) is 1.18. The average molecular weight is 111 g/mol. The van der Waals surface area contributed by atoms with Gasteiger partial charge in [-0.15, -0.1) is 0 Å². The van der Waals surface area contributed by atoms with E-state index in [0.717, 1.165) is 0 Å². The van der Waals surface area contributed by atoms with Crippen molar-refractivity contribution in [1.82, 2.24) is 5.32 Å². The fraction of sp³-hybridized carbons (Fsp3) is 0.500. The molecule has 1 N–H and O–H groups in total. The molecule has 1 amide bonds. The molecule has 0 aromatic rings. The van der Waals surface area contributed by atoms with Gasteiger partial charge in [0.15, 0.2) is 0 Å². The average Bonchev–Trinajstić information content (AvgIpc) is 2.45. The van der Waals surface area contributed by atoms with Crippen LogP contribution in [0, 0.1) is 5.92 Å². The summed E-state index contributed by atoms with van der Waals surface area (Å²) in [6.45, 7) is 1.96. The number of nitrogens with one attached hydrogen (secondary N) is 1. The van der Waals surface area contributed by atoms with Crippen LogP contribution in [-0.2, 0) is 4.79 Å². The first-order chi connectivity index (χ1) is 3.75. The molecule has 1 aliphatic rings. The topological polar surface area (TPSA) is 29.1 Å². The Kier molecular flexibility index (Phi) is 1.08. The SMILES string of the molecule is CNC(=O)C1C=C1C. The number of hydrogen-bond donors (Lipinski definition) is 1. The summed E-state index contributed by atoms with van der Waals surface area (Å²) in [6.07, 6.45) is 1.94. The van der Waals surface area contributed by atoms with Gasteiger partial charge in [0.2, 0.25) is 5.91 Å². The molecule has 0 aromatic heterocycles.